The molecule has 1 atom stereocenters. The first-order valence-electron chi connectivity index (χ1n) is 6.92. The monoisotopic (exact) mass is 276 g/mol. The number of hydrogen-bond acceptors (Lipinski definition) is 3. The SMILES string of the molecule is CC(NCC(C)(C)NS(C)(=O)=O)C1CCCCC1. The van der Waals surface area contributed by atoms with Crippen molar-refractivity contribution < 1.29 is 8.42 Å². The Balaban J connectivity index is 2.38. The molecule has 108 valence electrons. The summed E-state index contributed by atoms with van der Waals surface area (Å²) < 4.78 is 25.2. The first-order valence-corrected chi connectivity index (χ1v) is 8.81. The summed E-state index contributed by atoms with van der Waals surface area (Å²) in [5.74, 6) is 0.743. The Bertz CT molecular complexity index is 346. The second-order valence-electron chi connectivity index (χ2n) is 6.33. The van der Waals surface area contributed by atoms with Crippen LogP contribution in [0.4, 0.5) is 0 Å². The molecule has 4 nitrogen and oxygen atoms in total. The lowest BCUT2D eigenvalue weighted by Gasteiger charge is -2.32. The highest BCUT2D eigenvalue weighted by Crippen LogP contribution is 2.26. The molecule has 1 aliphatic rings. The molecule has 0 bridgehead atoms. The molecule has 0 aromatic carbocycles. The van der Waals surface area contributed by atoms with Crippen molar-refractivity contribution in [2.45, 2.75) is 64.5 Å². The van der Waals surface area contributed by atoms with Gasteiger partial charge in [-0.1, -0.05) is 19.3 Å². The van der Waals surface area contributed by atoms with Gasteiger partial charge in [0.2, 0.25) is 10.0 Å². The van der Waals surface area contributed by atoms with E-state index in [9.17, 15) is 8.42 Å². The lowest BCUT2D eigenvalue weighted by atomic mass is 9.84. The highest BCUT2D eigenvalue weighted by molar-refractivity contribution is 7.88. The van der Waals surface area contributed by atoms with Gasteiger partial charge in [-0.05, 0) is 39.5 Å². The predicted octanol–water partition coefficient (Wildman–Crippen LogP) is 1.87. The molecule has 0 aromatic heterocycles. The Morgan fingerprint density at radius 1 is 1.22 bits per heavy atom. The topological polar surface area (TPSA) is 58.2 Å². The highest BCUT2D eigenvalue weighted by Gasteiger charge is 2.25. The average Bonchev–Trinajstić information content (AvgIpc) is 2.24. The number of hydrogen-bond donors (Lipinski definition) is 2. The van der Waals surface area contributed by atoms with Crippen molar-refractivity contribution in [3.8, 4) is 0 Å². The first-order chi connectivity index (χ1) is 8.20. The van der Waals surface area contributed by atoms with Crippen molar-refractivity contribution in [3.05, 3.63) is 0 Å². The third-order valence-corrected chi connectivity index (χ3v) is 4.61. The molecule has 1 unspecified atom stereocenters. The van der Waals surface area contributed by atoms with Crippen molar-refractivity contribution >= 4 is 10.0 Å². The van der Waals surface area contributed by atoms with E-state index in [2.05, 4.69) is 17.0 Å². The average molecular weight is 276 g/mol. The van der Waals surface area contributed by atoms with Crippen LogP contribution in [0.1, 0.15) is 52.9 Å². The Kier molecular flexibility index (Phi) is 5.62. The molecule has 18 heavy (non-hydrogen) atoms. The maximum atomic E-state index is 11.3. The number of nitrogens with one attached hydrogen (secondary N) is 2. The van der Waals surface area contributed by atoms with Gasteiger partial charge >= 0.3 is 0 Å². The number of sulfonamides is 1. The summed E-state index contributed by atoms with van der Waals surface area (Å²) in [5, 5.41) is 3.49. The maximum Gasteiger partial charge on any atom is 0.209 e. The van der Waals surface area contributed by atoms with Crippen molar-refractivity contribution in [2.24, 2.45) is 5.92 Å². The van der Waals surface area contributed by atoms with Gasteiger partial charge in [0.05, 0.1) is 6.26 Å². The van der Waals surface area contributed by atoms with Gasteiger partial charge in [0, 0.05) is 18.1 Å². The summed E-state index contributed by atoms with van der Waals surface area (Å²) >= 11 is 0. The van der Waals surface area contributed by atoms with E-state index in [4.69, 9.17) is 0 Å². The van der Waals surface area contributed by atoms with Crippen LogP contribution in [0.2, 0.25) is 0 Å². The van der Waals surface area contributed by atoms with Gasteiger partial charge in [0.25, 0.3) is 0 Å². The first kappa shape index (κ1) is 15.9. The lowest BCUT2D eigenvalue weighted by molar-refractivity contribution is 0.266. The minimum absolute atomic E-state index is 0.434. The molecule has 0 amide bonds. The second-order valence-corrected chi connectivity index (χ2v) is 8.07. The normalized spacial score (nSPS) is 20.9. The third-order valence-electron chi connectivity index (χ3n) is 3.68. The van der Waals surface area contributed by atoms with E-state index in [1.165, 1.54) is 38.4 Å². The molecule has 0 aromatic rings. The molecule has 0 spiro atoms. The summed E-state index contributed by atoms with van der Waals surface area (Å²) in [6.45, 7) is 6.70. The lowest BCUT2D eigenvalue weighted by Crippen LogP contribution is -2.52. The molecule has 0 radical (unpaired) electrons. The van der Waals surface area contributed by atoms with Gasteiger partial charge in [-0.25, -0.2) is 13.1 Å². The molecule has 1 rings (SSSR count). The van der Waals surface area contributed by atoms with Crippen LogP contribution in [-0.4, -0.2) is 32.8 Å². The molecule has 1 fully saturated rings. The minimum atomic E-state index is -3.14. The van der Waals surface area contributed by atoms with Crippen molar-refractivity contribution in [2.75, 3.05) is 12.8 Å². The molecule has 0 aliphatic heterocycles. The summed E-state index contributed by atoms with van der Waals surface area (Å²) in [6.07, 6.45) is 7.84. The molecule has 0 heterocycles. The van der Waals surface area contributed by atoms with Gasteiger partial charge in [-0.3, -0.25) is 0 Å². The summed E-state index contributed by atoms with van der Waals surface area (Å²) in [6, 6.07) is 0.464. The summed E-state index contributed by atoms with van der Waals surface area (Å²) in [5.41, 5.74) is -0.434. The molecule has 1 saturated carbocycles. The molecular weight excluding hydrogens is 248 g/mol. The zero-order valence-electron chi connectivity index (χ0n) is 12.1. The standard InChI is InChI=1S/C13H28N2O2S/c1-11(12-8-6-5-7-9-12)14-10-13(2,3)15-18(4,16)17/h11-12,14-15H,5-10H2,1-4H3. The van der Waals surface area contributed by atoms with Gasteiger partial charge in [0.1, 0.15) is 0 Å². The smallest absolute Gasteiger partial charge is 0.209 e. The zero-order valence-corrected chi connectivity index (χ0v) is 12.9. The van der Waals surface area contributed by atoms with Crippen LogP contribution in [-0.2, 0) is 10.0 Å². The predicted molar refractivity (Wildman–Crippen MR) is 76.1 cm³/mol. The maximum absolute atomic E-state index is 11.3. The fraction of sp³-hybridized carbons (Fsp3) is 1.00. The van der Waals surface area contributed by atoms with E-state index in [0.717, 1.165) is 5.92 Å². The molecule has 2 N–H and O–H groups in total. The van der Waals surface area contributed by atoms with E-state index >= 15 is 0 Å². The van der Waals surface area contributed by atoms with E-state index in [1.807, 2.05) is 13.8 Å². The van der Waals surface area contributed by atoms with E-state index in [-0.39, 0.29) is 0 Å². The molecule has 0 saturated heterocycles. The van der Waals surface area contributed by atoms with Gasteiger partial charge in [0.15, 0.2) is 0 Å². The highest BCUT2D eigenvalue weighted by atomic mass is 32.2. The Morgan fingerprint density at radius 2 is 1.78 bits per heavy atom. The Labute approximate surface area is 112 Å². The summed E-state index contributed by atoms with van der Waals surface area (Å²) in [7, 11) is -3.14. The van der Waals surface area contributed by atoms with Crippen LogP contribution < -0.4 is 10.0 Å². The second kappa shape index (κ2) is 6.35. The van der Waals surface area contributed by atoms with Crippen LogP contribution in [0.15, 0.2) is 0 Å². The van der Waals surface area contributed by atoms with Crippen LogP contribution in [0.3, 0.4) is 0 Å². The van der Waals surface area contributed by atoms with Gasteiger partial charge in [-0.15, -0.1) is 0 Å². The fourth-order valence-electron chi connectivity index (χ4n) is 2.75. The fourth-order valence-corrected chi connectivity index (χ4v) is 3.83. The number of rotatable bonds is 6. The molecule has 5 heteroatoms. The Morgan fingerprint density at radius 3 is 2.28 bits per heavy atom. The van der Waals surface area contributed by atoms with Crippen LogP contribution in [0.25, 0.3) is 0 Å². The quantitative estimate of drug-likeness (QED) is 0.778. The van der Waals surface area contributed by atoms with E-state index in [0.29, 0.717) is 12.6 Å². The Hall–Kier alpha value is -0.130. The minimum Gasteiger partial charge on any atom is -0.312 e. The van der Waals surface area contributed by atoms with E-state index in [1.54, 1.807) is 0 Å². The van der Waals surface area contributed by atoms with Crippen molar-refractivity contribution in [3.63, 3.8) is 0 Å². The zero-order chi connectivity index (χ0) is 13.8. The molecular formula is C13H28N2O2S. The summed E-state index contributed by atoms with van der Waals surface area (Å²) in [4.78, 5) is 0. The van der Waals surface area contributed by atoms with Crippen LogP contribution in [0, 0.1) is 5.92 Å². The van der Waals surface area contributed by atoms with E-state index < -0.39 is 15.6 Å². The third kappa shape index (κ3) is 6.16. The van der Waals surface area contributed by atoms with Crippen molar-refractivity contribution in [1.29, 1.82) is 0 Å². The molecule has 1 aliphatic carbocycles. The van der Waals surface area contributed by atoms with Gasteiger partial charge < -0.3 is 5.32 Å². The van der Waals surface area contributed by atoms with Gasteiger partial charge in [-0.2, -0.15) is 0 Å². The van der Waals surface area contributed by atoms with Crippen LogP contribution >= 0.6 is 0 Å². The van der Waals surface area contributed by atoms with Crippen molar-refractivity contribution in [1.82, 2.24) is 10.0 Å². The van der Waals surface area contributed by atoms with Crippen LogP contribution in [0.5, 0.6) is 0 Å². The largest absolute Gasteiger partial charge is 0.312 e.